The number of carbonyl (C=O) groups is 4. The van der Waals surface area contributed by atoms with E-state index in [-0.39, 0.29) is 29.0 Å². The molecule has 0 aromatic heterocycles. The minimum atomic E-state index is -1.72. The number of carbonyl (C=O) groups excluding carboxylic acids is 4. The van der Waals surface area contributed by atoms with Crippen LogP contribution >= 0.6 is 0 Å². The predicted molar refractivity (Wildman–Crippen MR) is 169 cm³/mol. The zero-order valence-corrected chi connectivity index (χ0v) is 28.2. The van der Waals surface area contributed by atoms with E-state index in [1.54, 1.807) is 18.2 Å². The lowest BCUT2D eigenvalue weighted by Crippen LogP contribution is -2.54. The van der Waals surface area contributed by atoms with Gasteiger partial charge in [-0.25, -0.2) is 0 Å². The first kappa shape index (κ1) is 36.7. The topological polar surface area (TPSA) is 151 Å². The van der Waals surface area contributed by atoms with E-state index in [1.807, 2.05) is 0 Å². The summed E-state index contributed by atoms with van der Waals surface area (Å²) in [5, 5.41) is 5.53. The average Bonchev–Trinajstić information content (AvgIpc) is 3.23. The third kappa shape index (κ3) is 10.9. The van der Waals surface area contributed by atoms with Crippen molar-refractivity contribution in [2.75, 3.05) is 84.5 Å². The molecule has 0 bridgehead atoms. The number of anilines is 1. The van der Waals surface area contributed by atoms with Crippen molar-refractivity contribution in [2.24, 2.45) is 0 Å². The average molecular weight is 652 g/mol. The van der Waals surface area contributed by atoms with Crippen LogP contribution in [0, 0.1) is 0 Å². The Morgan fingerprint density at radius 3 is 1.87 bits per heavy atom. The molecule has 0 spiro atoms. The van der Waals surface area contributed by atoms with E-state index in [0.29, 0.717) is 84.9 Å². The first-order valence-electron chi connectivity index (χ1n) is 15.5. The Balaban J connectivity index is 1.16. The van der Waals surface area contributed by atoms with Crippen molar-refractivity contribution in [3.05, 3.63) is 29.3 Å². The Labute approximate surface area is 266 Å². The van der Waals surface area contributed by atoms with Gasteiger partial charge in [-0.05, 0) is 36.7 Å². The van der Waals surface area contributed by atoms with Crippen LogP contribution in [0.4, 0.5) is 5.69 Å². The minimum Gasteiger partial charge on any atom is -0.414 e. The van der Waals surface area contributed by atoms with Gasteiger partial charge in [0.05, 0.1) is 83.8 Å². The summed E-state index contributed by atoms with van der Waals surface area (Å²) >= 11 is 0. The molecule has 1 aromatic carbocycles. The minimum absolute atomic E-state index is 0.0729. The number of rotatable bonds is 21. The van der Waals surface area contributed by atoms with Crippen LogP contribution in [-0.2, 0) is 37.7 Å². The fourth-order valence-electron chi connectivity index (χ4n) is 4.47. The molecule has 2 aliphatic heterocycles. The van der Waals surface area contributed by atoms with Crippen molar-refractivity contribution in [1.82, 2.24) is 10.2 Å². The molecule has 0 radical (unpaired) electrons. The summed E-state index contributed by atoms with van der Waals surface area (Å²) in [5.41, 5.74) is 0.933. The smallest absolute Gasteiger partial charge is 0.264 e. The maximum Gasteiger partial charge on any atom is 0.264 e. The van der Waals surface area contributed by atoms with Crippen LogP contribution in [0.2, 0.25) is 18.1 Å². The maximum absolute atomic E-state index is 13.1. The molecule has 252 valence electrons. The normalized spacial score (nSPS) is 17.2. The Morgan fingerprint density at radius 1 is 0.800 bits per heavy atom. The van der Waals surface area contributed by atoms with E-state index in [4.69, 9.17) is 28.1 Å². The van der Waals surface area contributed by atoms with Gasteiger partial charge in [0.25, 0.3) is 11.8 Å². The summed E-state index contributed by atoms with van der Waals surface area (Å²) in [5.74, 6) is -2.14. The highest BCUT2D eigenvalue weighted by molar-refractivity contribution is 6.74. The van der Waals surface area contributed by atoms with Gasteiger partial charge in [0, 0.05) is 18.7 Å². The molecule has 2 aliphatic rings. The molecule has 4 amide bonds. The van der Waals surface area contributed by atoms with Crippen LogP contribution in [0.5, 0.6) is 0 Å². The van der Waals surface area contributed by atoms with Gasteiger partial charge in [-0.15, -0.1) is 0 Å². The van der Waals surface area contributed by atoms with E-state index in [0.717, 1.165) is 4.90 Å². The molecule has 13 nitrogen and oxygen atoms in total. The molecule has 3 rings (SSSR count). The SMILES string of the molecule is CC(C)(C)[Si](C)(C)OCCOCCOCCOCCOCCOCCNc1cccc2c1C(=O)N(C1CCC(=O)NC1=O)C2=O. The molecule has 0 saturated carbocycles. The molecule has 1 fully saturated rings. The second-order valence-electron chi connectivity index (χ2n) is 12.3. The van der Waals surface area contributed by atoms with Gasteiger partial charge in [-0.3, -0.25) is 29.4 Å². The zero-order chi connectivity index (χ0) is 32.9. The molecule has 1 atom stereocenters. The number of hydrogen-bond donors (Lipinski definition) is 2. The number of nitrogens with zero attached hydrogens (tertiary/aromatic N) is 1. The summed E-state index contributed by atoms with van der Waals surface area (Å²) in [6.07, 6.45) is 0.184. The van der Waals surface area contributed by atoms with E-state index >= 15 is 0 Å². The second kappa shape index (κ2) is 17.8. The standard InChI is InChI=1S/C31H49N3O10Si/c1-31(2,3)45(4,5)44-22-21-43-20-19-42-18-17-41-16-15-40-14-13-39-12-11-32-24-8-6-7-23-27(24)30(38)34(29(23)37)25-9-10-26(35)33-28(25)36/h6-8,25,32H,9-22H2,1-5H3,(H,33,35,36). The van der Waals surface area contributed by atoms with Crippen molar-refractivity contribution in [1.29, 1.82) is 0 Å². The molecule has 2 heterocycles. The third-order valence-electron chi connectivity index (χ3n) is 8.01. The van der Waals surface area contributed by atoms with Gasteiger partial charge in [-0.2, -0.15) is 0 Å². The second-order valence-corrected chi connectivity index (χ2v) is 17.1. The summed E-state index contributed by atoms with van der Waals surface area (Å²) in [6.45, 7) is 16.7. The molecule has 2 N–H and O–H groups in total. The summed E-state index contributed by atoms with van der Waals surface area (Å²) in [7, 11) is -1.72. The van der Waals surface area contributed by atoms with Crippen LogP contribution < -0.4 is 10.6 Å². The number of nitrogens with one attached hydrogen (secondary N) is 2. The number of hydrogen-bond acceptors (Lipinski definition) is 11. The van der Waals surface area contributed by atoms with Gasteiger partial charge in [0.1, 0.15) is 6.04 Å². The van der Waals surface area contributed by atoms with Gasteiger partial charge in [-0.1, -0.05) is 26.8 Å². The Bertz CT molecular complexity index is 1160. The van der Waals surface area contributed by atoms with Crippen molar-refractivity contribution < 1.29 is 47.3 Å². The summed E-state index contributed by atoms with van der Waals surface area (Å²) in [4.78, 5) is 50.8. The molecule has 0 aliphatic carbocycles. The van der Waals surface area contributed by atoms with E-state index < -0.39 is 38.0 Å². The summed E-state index contributed by atoms with van der Waals surface area (Å²) in [6, 6.07) is 3.93. The maximum atomic E-state index is 13.1. The molecule has 1 aromatic rings. The fourth-order valence-corrected chi connectivity index (χ4v) is 5.50. The quantitative estimate of drug-likeness (QED) is 0.115. The molecular formula is C31H49N3O10Si. The Hall–Kier alpha value is -2.72. The van der Waals surface area contributed by atoms with Gasteiger partial charge >= 0.3 is 0 Å². The lowest BCUT2D eigenvalue weighted by Gasteiger charge is -2.36. The number of ether oxygens (including phenoxy) is 5. The molecular weight excluding hydrogens is 602 g/mol. The van der Waals surface area contributed by atoms with E-state index in [2.05, 4.69) is 44.5 Å². The largest absolute Gasteiger partial charge is 0.414 e. The number of amides is 4. The predicted octanol–water partition coefficient (Wildman–Crippen LogP) is 2.60. The van der Waals surface area contributed by atoms with E-state index in [1.165, 1.54) is 0 Å². The van der Waals surface area contributed by atoms with Gasteiger partial charge in [0.15, 0.2) is 8.32 Å². The third-order valence-corrected chi connectivity index (χ3v) is 12.6. The molecule has 1 saturated heterocycles. The first-order chi connectivity index (χ1) is 21.4. The van der Waals surface area contributed by atoms with Crippen molar-refractivity contribution in [3.8, 4) is 0 Å². The Kier molecular flexibility index (Phi) is 14.6. The van der Waals surface area contributed by atoms with Crippen LogP contribution in [-0.4, -0.2) is 122 Å². The van der Waals surface area contributed by atoms with Crippen LogP contribution in [0.1, 0.15) is 54.3 Å². The number of benzene rings is 1. The highest BCUT2D eigenvalue weighted by atomic mass is 28.4. The zero-order valence-electron chi connectivity index (χ0n) is 27.2. The lowest BCUT2D eigenvalue weighted by molar-refractivity contribution is -0.136. The van der Waals surface area contributed by atoms with Crippen molar-refractivity contribution in [2.45, 2.75) is 57.8 Å². The van der Waals surface area contributed by atoms with E-state index in [9.17, 15) is 19.2 Å². The van der Waals surface area contributed by atoms with Gasteiger partial charge in [0.2, 0.25) is 11.8 Å². The van der Waals surface area contributed by atoms with Crippen LogP contribution in [0.25, 0.3) is 0 Å². The number of imide groups is 2. The first-order valence-corrected chi connectivity index (χ1v) is 18.5. The van der Waals surface area contributed by atoms with Crippen LogP contribution in [0.3, 0.4) is 0 Å². The molecule has 14 heteroatoms. The fraction of sp³-hybridized carbons (Fsp3) is 0.677. The number of fused-ring (bicyclic) bond motifs is 1. The molecule has 45 heavy (non-hydrogen) atoms. The highest BCUT2D eigenvalue weighted by Crippen LogP contribution is 2.36. The lowest BCUT2D eigenvalue weighted by atomic mass is 10.0. The summed E-state index contributed by atoms with van der Waals surface area (Å²) < 4.78 is 33.8. The highest BCUT2D eigenvalue weighted by Gasteiger charge is 2.45. The van der Waals surface area contributed by atoms with Crippen molar-refractivity contribution >= 4 is 37.6 Å². The molecule has 1 unspecified atom stereocenters. The van der Waals surface area contributed by atoms with Crippen LogP contribution in [0.15, 0.2) is 18.2 Å². The number of piperidine rings is 1. The van der Waals surface area contributed by atoms with Gasteiger partial charge < -0.3 is 33.4 Å². The van der Waals surface area contributed by atoms with Crippen molar-refractivity contribution in [3.63, 3.8) is 0 Å². The Morgan fingerprint density at radius 2 is 1.33 bits per heavy atom. The monoisotopic (exact) mass is 651 g/mol.